The van der Waals surface area contributed by atoms with E-state index in [1.807, 2.05) is 0 Å². The highest BCUT2D eigenvalue weighted by molar-refractivity contribution is 8.13. The average Bonchev–Trinajstić information content (AvgIpc) is 2.69. The normalized spacial score (nSPS) is 15.1. The molecule has 1 heterocycles. The first-order chi connectivity index (χ1) is 7.63. The minimum absolute atomic E-state index is 0.0146. The lowest BCUT2D eigenvalue weighted by atomic mass is 10.3. The van der Waals surface area contributed by atoms with Gasteiger partial charge in [-0.3, -0.25) is 14.4 Å². The number of nitrogens with one attached hydrogen (secondary N) is 1. The lowest BCUT2D eigenvalue weighted by Gasteiger charge is -2.13. The van der Waals surface area contributed by atoms with Crippen LogP contribution in [-0.2, 0) is 14.3 Å². The van der Waals surface area contributed by atoms with Gasteiger partial charge < -0.3 is 15.0 Å². The molecule has 0 unspecified atom stereocenters. The molecule has 0 aromatic rings. The van der Waals surface area contributed by atoms with Gasteiger partial charge in [0.05, 0.1) is 7.11 Å². The second kappa shape index (κ2) is 6.37. The summed E-state index contributed by atoms with van der Waals surface area (Å²) in [5.74, 6) is 0.0408. The van der Waals surface area contributed by atoms with Crippen molar-refractivity contribution in [2.75, 3.05) is 32.5 Å². The number of hydrogen-bond donors (Lipinski definition) is 1. The molecule has 16 heavy (non-hydrogen) atoms. The zero-order valence-electron chi connectivity index (χ0n) is 9.02. The summed E-state index contributed by atoms with van der Waals surface area (Å²) in [6.07, 6.45) is 0.212. The van der Waals surface area contributed by atoms with E-state index in [1.54, 1.807) is 4.90 Å². The van der Waals surface area contributed by atoms with E-state index >= 15 is 0 Å². The fourth-order valence-corrected chi connectivity index (χ4v) is 2.05. The average molecular weight is 246 g/mol. The molecule has 1 rings (SSSR count). The van der Waals surface area contributed by atoms with Crippen molar-refractivity contribution in [2.24, 2.45) is 0 Å². The van der Waals surface area contributed by atoms with Crippen LogP contribution in [0.5, 0.6) is 0 Å². The SMILES string of the molecule is COC(=O)CNC(=O)CCN1CCSC1=O. The molecule has 0 aliphatic carbocycles. The molecule has 6 nitrogen and oxygen atoms in total. The number of amides is 2. The zero-order valence-corrected chi connectivity index (χ0v) is 9.84. The Hall–Kier alpha value is -1.24. The maximum Gasteiger partial charge on any atom is 0.325 e. The Morgan fingerprint density at radius 1 is 1.56 bits per heavy atom. The van der Waals surface area contributed by atoms with Crippen LogP contribution in [0.15, 0.2) is 0 Å². The first-order valence-electron chi connectivity index (χ1n) is 4.88. The van der Waals surface area contributed by atoms with Gasteiger partial charge in [-0.25, -0.2) is 0 Å². The Balaban J connectivity index is 2.15. The van der Waals surface area contributed by atoms with Crippen molar-refractivity contribution in [1.29, 1.82) is 0 Å². The molecule has 1 aliphatic heterocycles. The van der Waals surface area contributed by atoms with Crippen LogP contribution in [0.3, 0.4) is 0 Å². The second-order valence-corrected chi connectivity index (χ2v) is 4.25. The van der Waals surface area contributed by atoms with E-state index in [2.05, 4.69) is 10.1 Å². The molecular formula is C9H14N2O4S. The van der Waals surface area contributed by atoms with E-state index in [0.29, 0.717) is 13.1 Å². The molecule has 7 heteroatoms. The highest BCUT2D eigenvalue weighted by Gasteiger charge is 2.21. The van der Waals surface area contributed by atoms with Crippen molar-refractivity contribution in [3.05, 3.63) is 0 Å². The Morgan fingerprint density at radius 3 is 2.88 bits per heavy atom. The lowest BCUT2D eigenvalue weighted by molar-refractivity contribution is -0.141. The van der Waals surface area contributed by atoms with E-state index in [-0.39, 0.29) is 24.1 Å². The first-order valence-corrected chi connectivity index (χ1v) is 5.87. The number of hydrogen-bond acceptors (Lipinski definition) is 5. The van der Waals surface area contributed by atoms with E-state index in [9.17, 15) is 14.4 Å². The number of carbonyl (C=O) groups excluding carboxylic acids is 3. The number of methoxy groups -OCH3 is 1. The molecule has 1 N–H and O–H groups in total. The third-order valence-electron chi connectivity index (χ3n) is 2.11. The standard InChI is InChI=1S/C9H14N2O4S/c1-15-8(13)6-10-7(12)2-3-11-4-5-16-9(11)14/h2-6H2,1H3,(H,10,12). The molecular weight excluding hydrogens is 232 g/mol. The van der Waals surface area contributed by atoms with Crippen molar-refractivity contribution in [3.63, 3.8) is 0 Å². The Labute approximate surface area is 97.7 Å². The number of rotatable bonds is 5. The highest BCUT2D eigenvalue weighted by atomic mass is 32.2. The molecule has 0 atom stereocenters. The summed E-state index contributed by atoms with van der Waals surface area (Å²) in [4.78, 5) is 34.8. The minimum atomic E-state index is -0.485. The van der Waals surface area contributed by atoms with Crippen molar-refractivity contribution < 1.29 is 19.1 Å². The van der Waals surface area contributed by atoms with Crippen LogP contribution < -0.4 is 5.32 Å². The van der Waals surface area contributed by atoms with Crippen molar-refractivity contribution in [3.8, 4) is 0 Å². The van der Waals surface area contributed by atoms with Crippen LogP contribution in [0.1, 0.15) is 6.42 Å². The number of ether oxygens (including phenoxy) is 1. The fraction of sp³-hybridized carbons (Fsp3) is 0.667. The van der Waals surface area contributed by atoms with E-state index in [0.717, 1.165) is 5.75 Å². The number of carbonyl (C=O) groups is 3. The van der Waals surface area contributed by atoms with Gasteiger partial charge >= 0.3 is 5.97 Å². The summed E-state index contributed by atoms with van der Waals surface area (Å²) in [5.41, 5.74) is 0. The van der Waals surface area contributed by atoms with Gasteiger partial charge in [0, 0.05) is 25.3 Å². The third-order valence-corrected chi connectivity index (χ3v) is 3.00. The van der Waals surface area contributed by atoms with Gasteiger partial charge in [-0.05, 0) is 0 Å². The summed E-state index contributed by atoms with van der Waals surface area (Å²) in [6.45, 7) is 0.963. The van der Waals surface area contributed by atoms with Crippen LogP contribution in [0.2, 0.25) is 0 Å². The summed E-state index contributed by atoms with van der Waals surface area (Å²) in [5, 5.41) is 2.43. The van der Waals surface area contributed by atoms with E-state index in [4.69, 9.17) is 0 Å². The molecule has 0 aromatic heterocycles. The Kier molecular flexibility index (Phi) is 5.10. The van der Waals surface area contributed by atoms with Crippen molar-refractivity contribution in [2.45, 2.75) is 6.42 Å². The molecule has 0 spiro atoms. The van der Waals surface area contributed by atoms with E-state index < -0.39 is 5.97 Å². The maximum atomic E-state index is 11.3. The second-order valence-electron chi connectivity index (χ2n) is 3.20. The monoisotopic (exact) mass is 246 g/mol. The summed E-state index contributed by atoms with van der Waals surface area (Å²) < 4.78 is 4.37. The van der Waals surface area contributed by atoms with Crippen molar-refractivity contribution >= 4 is 28.9 Å². The highest BCUT2D eigenvalue weighted by Crippen LogP contribution is 2.16. The molecule has 0 saturated carbocycles. The molecule has 90 valence electrons. The first kappa shape index (κ1) is 12.8. The van der Waals surface area contributed by atoms with Gasteiger partial charge in [0.2, 0.25) is 5.91 Å². The predicted molar refractivity (Wildman–Crippen MR) is 59.1 cm³/mol. The molecule has 0 radical (unpaired) electrons. The van der Waals surface area contributed by atoms with Crippen LogP contribution >= 0.6 is 11.8 Å². The largest absolute Gasteiger partial charge is 0.468 e. The third kappa shape index (κ3) is 4.09. The molecule has 0 aromatic carbocycles. The van der Waals surface area contributed by atoms with Gasteiger partial charge in [0.1, 0.15) is 6.54 Å². The van der Waals surface area contributed by atoms with Crippen molar-refractivity contribution in [1.82, 2.24) is 10.2 Å². The summed E-state index contributed by atoms with van der Waals surface area (Å²) in [6, 6.07) is 0. The maximum absolute atomic E-state index is 11.3. The molecule has 1 saturated heterocycles. The topological polar surface area (TPSA) is 75.7 Å². The van der Waals surface area contributed by atoms with Crippen LogP contribution in [0.25, 0.3) is 0 Å². The minimum Gasteiger partial charge on any atom is -0.468 e. The molecule has 1 fully saturated rings. The molecule has 2 amide bonds. The summed E-state index contributed by atoms with van der Waals surface area (Å²) >= 11 is 1.26. The van der Waals surface area contributed by atoms with Gasteiger partial charge in [0.25, 0.3) is 5.24 Å². The van der Waals surface area contributed by atoms with Gasteiger partial charge in [0.15, 0.2) is 0 Å². The van der Waals surface area contributed by atoms with Crippen LogP contribution in [0, 0.1) is 0 Å². The van der Waals surface area contributed by atoms with Crippen LogP contribution in [-0.4, -0.2) is 54.5 Å². The van der Waals surface area contributed by atoms with Gasteiger partial charge in [-0.1, -0.05) is 11.8 Å². The number of thioether (sulfide) groups is 1. The van der Waals surface area contributed by atoms with E-state index in [1.165, 1.54) is 18.9 Å². The quantitative estimate of drug-likeness (QED) is 0.682. The smallest absolute Gasteiger partial charge is 0.325 e. The molecule has 0 bridgehead atoms. The number of nitrogens with zero attached hydrogens (tertiary/aromatic N) is 1. The summed E-state index contributed by atoms with van der Waals surface area (Å²) in [7, 11) is 1.26. The Bertz CT molecular complexity index is 295. The van der Waals surface area contributed by atoms with Gasteiger partial charge in [-0.2, -0.15) is 0 Å². The van der Waals surface area contributed by atoms with Crippen LogP contribution in [0.4, 0.5) is 4.79 Å². The lowest BCUT2D eigenvalue weighted by Crippen LogP contribution is -2.33. The molecule has 1 aliphatic rings. The van der Waals surface area contributed by atoms with Gasteiger partial charge in [-0.15, -0.1) is 0 Å². The Morgan fingerprint density at radius 2 is 2.31 bits per heavy atom. The fourth-order valence-electron chi connectivity index (χ4n) is 1.20. The number of esters is 1. The predicted octanol–water partition coefficient (Wildman–Crippen LogP) is -0.165. The zero-order chi connectivity index (χ0) is 12.0.